The van der Waals surface area contributed by atoms with Crippen LogP contribution in [0.3, 0.4) is 0 Å². The minimum atomic E-state index is -0.0557. The minimum Gasteiger partial charge on any atom is -0.491 e. The summed E-state index contributed by atoms with van der Waals surface area (Å²) in [5.74, 6) is 0.712. The molecule has 2 aromatic rings. The summed E-state index contributed by atoms with van der Waals surface area (Å²) in [6.45, 7) is 7.88. The highest BCUT2D eigenvalue weighted by Gasteiger charge is 2.17. The lowest BCUT2D eigenvalue weighted by Gasteiger charge is -2.26. The number of benzene rings is 1. The number of hydrogen-bond donors (Lipinski definition) is 1. The van der Waals surface area contributed by atoms with Crippen molar-refractivity contribution < 1.29 is 14.3 Å². The summed E-state index contributed by atoms with van der Waals surface area (Å²) >= 11 is 0. The highest BCUT2D eigenvalue weighted by atomic mass is 16.5. The predicted molar refractivity (Wildman–Crippen MR) is 109 cm³/mol. The van der Waals surface area contributed by atoms with Gasteiger partial charge in [-0.1, -0.05) is 11.6 Å². The fourth-order valence-corrected chi connectivity index (χ4v) is 3.67. The molecular weight excluding hydrogens is 354 g/mol. The van der Waals surface area contributed by atoms with Crippen molar-refractivity contribution in [3.05, 3.63) is 47.2 Å². The highest BCUT2D eigenvalue weighted by Crippen LogP contribution is 2.26. The standard InChI is InChI=1S/C22H27N3O3/c1-16-5-6-19-17(14-16)18(15-20(24-19)21-4-2-11-28-21)22(26)23-7-3-8-25-9-12-27-13-10-25/h4-6,14-15H,2-3,7-13H2,1H3,(H,23,26). The quantitative estimate of drug-likeness (QED) is 0.780. The largest absolute Gasteiger partial charge is 0.491 e. The number of ether oxygens (including phenoxy) is 2. The highest BCUT2D eigenvalue weighted by molar-refractivity contribution is 6.06. The number of rotatable bonds is 6. The van der Waals surface area contributed by atoms with Gasteiger partial charge in [-0.2, -0.15) is 0 Å². The molecule has 0 spiro atoms. The third-order valence-electron chi connectivity index (χ3n) is 5.21. The molecule has 0 aliphatic carbocycles. The van der Waals surface area contributed by atoms with E-state index in [0.717, 1.165) is 73.6 Å². The van der Waals surface area contributed by atoms with Crippen molar-refractivity contribution in [3.63, 3.8) is 0 Å². The number of hydrogen-bond acceptors (Lipinski definition) is 5. The number of carbonyl (C=O) groups is 1. The van der Waals surface area contributed by atoms with E-state index in [4.69, 9.17) is 14.5 Å². The van der Waals surface area contributed by atoms with Gasteiger partial charge in [-0.25, -0.2) is 4.98 Å². The van der Waals surface area contributed by atoms with Gasteiger partial charge < -0.3 is 14.8 Å². The molecule has 1 saturated heterocycles. The van der Waals surface area contributed by atoms with E-state index in [9.17, 15) is 4.79 Å². The number of aryl methyl sites for hydroxylation is 1. The normalized spacial score (nSPS) is 17.4. The first-order valence-corrected chi connectivity index (χ1v) is 10.0. The Balaban J connectivity index is 1.48. The lowest BCUT2D eigenvalue weighted by molar-refractivity contribution is 0.0374. The van der Waals surface area contributed by atoms with Crippen LogP contribution < -0.4 is 5.32 Å². The van der Waals surface area contributed by atoms with E-state index in [-0.39, 0.29) is 5.91 Å². The Kier molecular flexibility index (Phi) is 5.88. The zero-order valence-electron chi connectivity index (χ0n) is 16.4. The Morgan fingerprint density at radius 2 is 2.07 bits per heavy atom. The molecule has 0 saturated carbocycles. The smallest absolute Gasteiger partial charge is 0.252 e. The molecular formula is C22H27N3O3. The summed E-state index contributed by atoms with van der Waals surface area (Å²) in [5, 5.41) is 3.97. The fraction of sp³-hybridized carbons (Fsp3) is 0.455. The van der Waals surface area contributed by atoms with Crippen LogP contribution in [0.2, 0.25) is 0 Å². The topological polar surface area (TPSA) is 63.7 Å². The Labute approximate surface area is 165 Å². The molecule has 1 N–H and O–H groups in total. The van der Waals surface area contributed by atoms with E-state index < -0.39 is 0 Å². The lowest BCUT2D eigenvalue weighted by Crippen LogP contribution is -2.38. The van der Waals surface area contributed by atoms with Crippen LogP contribution >= 0.6 is 0 Å². The number of morpholine rings is 1. The molecule has 1 aromatic carbocycles. The van der Waals surface area contributed by atoms with Gasteiger partial charge >= 0.3 is 0 Å². The lowest BCUT2D eigenvalue weighted by atomic mass is 10.0. The second-order valence-electron chi connectivity index (χ2n) is 7.34. The third kappa shape index (κ3) is 4.34. The van der Waals surface area contributed by atoms with Gasteiger partial charge in [-0.05, 0) is 44.2 Å². The number of amides is 1. The molecule has 1 amide bonds. The molecule has 3 heterocycles. The zero-order valence-corrected chi connectivity index (χ0v) is 16.4. The van der Waals surface area contributed by atoms with Crippen LogP contribution in [0.4, 0.5) is 0 Å². The molecule has 2 aliphatic rings. The summed E-state index contributed by atoms with van der Waals surface area (Å²) < 4.78 is 11.0. The number of nitrogens with zero attached hydrogens (tertiary/aromatic N) is 2. The Morgan fingerprint density at radius 3 is 2.86 bits per heavy atom. The number of aromatic nitrogens is 1. The summed E-state index contributed by atoms with van der Waals surface area (Å²) in [4.78, 5) is 20.0. The Bertz CT molecular complexity index is 888. The monoisotopic (exact) mass is 381 g/mol. The zero-order chi connectivity index (χ0) is 19.3. The van der Waals surface area contributed by atoms with Crippen LogP contribution in [0.25, 0.3) is 16.7 Å². The minimum absolute atomic E-state index is 0.0557. The van der Waals surface area contributed by atoms with E-state index in [2.05, 4.69) is 10.2 Å². The molecule has 6 nitrogen and oxygen atoms in total. The van der Waals surface area contributed by atoms with Crippen molar-refractivity contribution in [2.75, 3.05) is 46.0 Å². The molecule has 0 atom stereocenters. The maximum Gasteiger partial charge on any atom is 0.252 e. The van der Waals surface area contributed by atoms with Crippen LogP contribution in [0.1, 0.15) is 34.5 Å². The maximum absolute atomic E-state index is 13.0. The fourth-order valence-electron chi connectivity index (χ4n) is 3.67. The van der Waals surface area contributed by atoms with Gasteiger partial charge in [-0.15, -0.1) is 0 Å². The Morgan fingerprint density at radius 1 is 1.21 bits per heavy atom. The van der Waals surface area contributed by atoms with Crippen molar-refractivity contribution in [2.24, 2.45) is 0 Å². The van der Waals surface area contributed by atoms with Gasteiger partial charge in [0.25, 0.3) is 5.91 Å². The third-order valence-corrected chi connectivity index (χ3v) is 5.21. The molecule has 6 heteroatoms. The summed E-state index contributed by atoms with van der Waals surface area (Å²) in [7, 11) is 0. The van der Waals surface area contributed by atoms with Crippen LogP contribution in [0.5, 0.6) is 0 Å². The second-order valence-corrected chi connectivity index (χ2v) is 7.34. The second kappa shape index (κ2) is 8.71. The van der Waals surface area contributed by atoms with Crippen LogP contribution in [-0.4, -0.2) is 61.8 Å². The number of fused-ring (bicyclic) bond motifs is 1. The van der Waals surface area contributed by atoms with Gasteiger partial charge in [0.15, 0.2) is 0 Å². The van der Waals surface area contributed by atoms with Crippen LogP contribution in [-0.2, 0) is 9.47 Å². The van der Waals surface area contributed by atoms with E-state index in [0.29, 0.717) is 18.7 Å². The molecule has 1 aromatic heterocycles. The number of nitrogens with one attached hydrogen (secondary N) is 1. The van der Waals surface area contributed by atoms with Gasteiger partial charge in [0.1, 0.15) is 11.5 Å². The first kappa shape index (κ1) is 18.9. The van der Waals surface area contributed by atoms with Crippen molar-refractivity contribution >= 4 is 22.6 Å². The molecule has 4 rings (SSSR count). The number of pyridine rings is 1. The van der Waals surface area contributed by atoms with Gasteiger partial charge in [0.05, 0.1) is 30.9 Å². The first-order valence-electron chi connectivity index (χ1n) is 10.0. The molecule has 0 bridgehead atoms. The van der Waals surface area contributed by atoms with E-state index in [1.54, 1.807) is 0 Å². The van der Waals surface area contributed by atoms with E-state index >= 15 is 0 Å². The first-order chi connectivity index (χ1) is 13.7. The molecule has 148 valence electrons. The summed E-state index contributed by atoms with van der Waals surface area (Å²) in [6, 6.07) is 7.88. The average Bonchev–Trinajstić information content (AvgIpc) is 3.26. The Hall–Kier alpha value is -2.44. The summed E-state index contributed by atoms with van der Waals surface area (Å²) in [5.41, 5.74) is 3.32. The average molecular weight is 381 g/mol. The number of carbonyl (C=O) groups excluding carboxylic acids is 1. The van der Waals surface area contributed by atoms with Gasteiger partial charge in [0.2, 0.25) is 0 Å². The van der Waals surface area contributed by atoms with Gasteiger partial charge in [0, 0.05) is 31.4 Å². The van der Waals surface area contributed by atoms with Crippen LogP contribution in [0.15, 0.2) is 30.3 Å². The molecule has 0 radical (unpaired) electrons. The van der Waals surface area contributed by atoms with E-state index in [1.807, 2.05) is 37.3 Å². The van der Waals surface area contributed by atoms with Crippen molar-refractivity contribution in [3.8, 4) is 0 Å². The van der Waals surface area contributed by atoms with Crippen molar-refractivity contribution in [2.45, 2.75) is 19.8 Å². The molecule has 1 fully saturated rings. The molecule has 28 heavy (non-hydrogen) atoms. The summed E-state index contributed by atoms with van der Waals surface area (Å²) in [6.07, 6.45) is 3.84. The SMILES string of the molecule is Cc1ccc2nc(C3=CCCO3)cc(C(=O)NCCCN3CCOCC3)c2c1. The molecule has 0 unspecified atom stereocenters. The van der Waals surface area contributed by atoms with Crippen molar-refractivity contribution in [1.29, 1.82) is 0 Å². The van der Waals surface area contributed by atoms with Gasteiger partial charge in [-0.3, -0.25) is 9.69 Å². The predicted octanol–water partition coefficient (Wildman–Crippen LogP) is 2.76. The maximum atomic E-state index is 13.0. The van der Waals surface area contributed by atoms with Crippen LogP contribution in [0, 0.1) is 6.92 Å². The molecule has 2 aliphatic heterocycles. The van der Waals surface area contributed by atoms with Crippen molar-refractivity contribution in [1.82, 2.24) is 15.2 Å². The van der Waals surface area contributed by atoms with E-state index in [1.165, 1.54) is 0 Å².